The normalized spacial score (nSPS) is 11.6. The van der Waals surface area contributed by atoms with Gasteiger partial charge in [-0.15, -0.1) is 0 Å². The second kappa shape index (κ2) is 8.16. The summed E-state index contributed by atoms with van der Waals surface area (Å²) in [4.78, 5) is 29.6. The number of aromatic nitrogens is 3. The van der Waals surface area contributed by atoms with Crippen molar-refractivity contribution in [2.75, 3.05) is 17.2 Å². The number of hydrogen-bond acceptors (Lipinski definition) is 7. The second-order valence-electron chi connectivity index (χ2n) is 7.38. The van der Waals surface area contributed by atoms with Gasteiger partial charge in [-0.2, -0.15) is 5.10 Å². The number of aromatic amines is 1. The average molecular weight is 458 g/mol. The lowest BCUT2D eigenvalue weighted by molar-refractivity contribution is -0.119. The first kappa shape index (κ1) is 21.1. The number of carbonyl (C=O) groups is 2. The van der Waals surface area contributed by atoms with Crippen LogP contribution in [0, 0.1) is 0 Å². The van der Waals surface area contributed by atoms with E-state index in [0.29, 0.717) is 10.8 Å². The lowest BCUT2D eigenvalue weighted by Gasteiger charge is -2.26. The number of amides is 1. The van der Waals surface area contributed by atoms with Gasteiger partial charge >= 0.3 is 5.97 Å². The van der Waals surface area contributed by atoms with Crippen LogP contribution in [0.1, 0.15) is 31.1 Å². The van der Waals surface area contributed by atoms with Crippen molar-refractivity contribution in [1.29, 1.82) is 0 Å². The minimum absolute atomic E-state index is 0.236. The smallest absolute Gasteiger partial charge is 0.339 e. The molecule has 31 heavy (non-hydrogen) atoms. The van der Waals surface area contributed by atoms with E-state index in [1.54, 1.807) is 45.2 Å². The van der Waals surface area contributed by atoms with Crippen molar-refractivity contribution in [3.63, 3.8) is 0 Å². The molecule has 0 aliphatic heterocycles. The van der Waals surface area contributed by atoms with Gasteiger partial charge in [0, 0.05) is 11.1 Å². The molecule has 2 aromatic heterocycles. The van der Waals surface area contributed by atoms with Crippen LogP contribution in [-0.4, -0.2) is 39.2 Å². The number of hydrogen-bond donors (Lipinski definition) is 3. The highest BCUT2D eigenvalue weighted by Crippen LogP contribution is 2.32. The molecular weight excluding hydrogens is 438 g/mol. The molecule has 4 rings (SSSR count). The zero-order chi connectivity index (χ0) is 22.2. The summed E-state index contributed by atoms with van der Waals surface area (Å²) in [5, 5.41) is 14.7. The standard InChI is InChI=1S/C21H20ClN5O3S/c1-4-30-18(28)12-9-11(5-6-14(12)22)26-21(2,3)19(29)25-20-24-16-8-7-15-13(10-23-27-15)17(16)31-20/h5-10,26H,4H2,1-3H3,(H,23,27)(H,24,25,29). The predicted molar refractivity (Wildman–Crippen MR) is 123 cm³/mol. The van der Waals surface area contributed by atoms with Gasteiger partial charge in [0.05, 0.1) is 39.1 Å². The SMILES string of the molecule is CCOC(=O)c1cc(NC(C)(C)C(=O)Nc2nc3ccc4[nH]ncc4c3s2)ccc1Cl. The molecule has 0 radical (unpaired) electrons. The Kier molecular flexibility index (Phi) is 5.55. The van der Waals surface area contributed by atoms with Crippen LogP contribution in [0.3, 0.4) is 0 Å². The Morgan fingerprint density at radius 2 is 2.06 bits per heavy atom. The molecule has 0 aliphatic carbocycles. The number of H-pyrrole nitrogens is 1. The van der Waals surface area contributed by atoms with E-state index in [1.807, 2.05) is 12.1 Å². The molecule has 0 saturated heterocycles. The van der Waals surface area contributed by atoms with E-state index in [0.717, 1.165) is 21.1 Å². The van der Waals surface area contributed by atoms with Crippen LogP contribution in [-0.2, 0) is 9.53 Å². The Bertz CT molecular complexity index is 1300. The lowest BCUT2D eigenvalue weighted by atomic mass is 10.0. The van der Waals surface area contributed by atoms with E-state index in [4.69, 9.17) is 16.3 Å². The number of fused-ring (bicyclic) bond motifs is 3. The Balaban J connectivity index is 1.53. The number of esters is 1. The molecule has 0 saturated carbocycles. The fourth-order valence-corrected chi connectivity index (χ4v) is 4.26. The monoisotopic (exact) mass is 457 g/mol. The van der Waals surface area contributed by atoms with Crippen LogP contribution in [0.15, 0.2) is 36.5 Å². The first-order valence-corrected chi connectivity index (χ1v) is 10.8. The quantitative estimate of drug-likeness (QED) is 0.358. The molecule has 2 aromatic carbocycles. The number of benzene rings is 2. The molecule has 0 atom stereocenters. The van der Waals surface area contributed by atoms with Crippen LogP contribution in [0.2, 0.25) is 5.02 Å². The number of nitrogens with one attached hydrogen (secondary N) is 3. The number of anilines is 2. The van der Waals surface area contributed by atoms with E-state index in [-0.39, 0.29) is 23.1 Å². The summed E-state index contributed by atoms with van der Waals surface area (Å²) >= 11 is 7.50. The number of rotatable bonds is 6. The maximum atomic E-state index is 13.0. The van der Waals surface area contributed by atoms with Crippen molar-refractivity contribution in [3.05, 3.63) is 47.1 Å². The molecule has 8 nitrogen and oxygen atoms in total. The van der Waals surface area contributed by atoms with Crippen LogP contribution >= 0.6 is 22.9 Å². The first-order chi connectivity index (χ1) is 14.8. The van der Waals surface area contributed by atoms with Gasteiger partial charge in [-0.25, -0.2) is 9.78 Å². The van der Waals surface area contributed by atoms with Crippen molar-refractivity contribution in [2.45, 2.75) is 26.3 Å². The molecule has 0 bridgehead atoms. The largest absolute Gasteiger partial charge is 0.462 e. The van der Waals surface area contributed by atoms with Gasteiger partial charge < -0.3 is 10.1 Å². The maximum Gasteiger partial charge on any atom is 0.339 e. The summed E-state index contributed by atoms with van der Waals surface area (Å²) in [6.07, 6.45) is 1.74. The molecular formula is C21H20ClN5O3S. The molecule has 0 aliphatic rings. The highest BCUT2D eigenvalue weighted by Gasteiger charge is 2.29. The van der Waals surface area contributed by atoms with Crippen molar-refractivity contribution in [1.82, 2.24) is 15.2 Å². The van der Waals surface area contributed by atoms with E-state index < -0.39 is 11.5 Å². The third-order valence-electron chi connectivity index (χ3n) is 4.68. The van der Waals surface area contributed by atoms with Crippen LogP contribution < -0.4 is 10.6 Å². The van der Waals surface area contributed by atoms with Gasteiger partial charge in [-0.3, -0.25) is 15.2 Å². The molecule has 0 spiro atoms. The van der Waals surface area contributed by atoms with Crippen molar-refractivity contribution >= 4 is 66.8 Å². The zero-order valence-electron chi connectivity index (χ0n) is 17.1. The molecule has 1 amide bonds. The Hall–Kier alpha value is -3.17. The van der Waals surface area contributed by atoms with E-state index >= 15 is 0 Å². The van der Waals surface area contributed by atoms with Gasteiger partial charge in [0.25, 0.3) is 5.91 Å². The number of nitrogens with zero attached hydrogens (tertiary/aromatic N) is 2. The molecule has 3 N–H and O–H groups in total. The highest BCUT2D eigenvalue weighted by molar-refractivity contribution is 7.23. The Morgan fingerprint density at radius 3 is 2.84 bits per heavy atom. The molecule has 0 unspecified atom stereocenters. The van der Waals surface area contributed by atoms with Gasteiger partial charge in [0.1, 0.15) is 5.54 Å². The fraction of sp³-hybridized carbons (Fsp3) is 0.238. The summed E-state index contributed by atoms with van der Waals surface area (Å²) in [7, 11) is 0. The molecule has 0 fully saturated rings. The fourth-order valence-electron chi connectivity index (χ4n) is 3.10. The van der Waals surface area contributed by atoms with Gasteiger partial charge in [0.2, 0.25) is 0 Å². The minimum Gasteiger partial charge on any atom is -0.462 e. The maximum absolute atomic E-state index is 13.0. The molecule has 160 valence electrons. The zero-order valence-corrected chi connectivity index (χ0v) is 18.6. The Morgan fingerprint density at radius 1 is 1.26 bits per heavy atom. The summed E-state index contributed by atoms with van der Waals surface area (Å²) < 4.78 is 5.98. The number of ether oxygens (including phenoxy) is 1. The van der Waals surface area contributed by atoms with Gasteiger partial charge in [-0.1, -0.05) is 22.9 Å². The van der Waals surface area contributed by atoms with E-state index in [1.165, 1.54) is 11.3 Å². The van der Waals surface area contributed by atoms with Crippen LogP contribution in [0.4, 0.5) is 10.8 Å². The van der Waals surface area contributed by atoms with Crippen molar-refractivity contribution in [2.24, 2.45) is 0 Å². The van der Waals surface area contributed by atoms with Gasteiger partial charge in [-0.05, 0) is 51.1 Å². The highest BCUT2D eigenvalue weighted by atomic mass is 35.5. The van der Waals surface area contributed by atoms with E-state index in [9.17, 15) is 9.59 Å². The van der Waals surface area contributed by atoms with Crippen LogP contribution in [0.5, 0.6) is 0 Å². The first-order valence-electron chi connectivity index (χ1n) is 9.57. The van der Waals surface area contributed by atoms with Crippen molar-refractivity contribution in [3.8, 4) is 0 Å². The molecule has 10 heteroatoms. The Labute approximate surface area is 187 Å². The predicted octanol–water partition coefficient (Wildman–Crippen LogP) is 4.83. The molecule has 4 aromatic rings. The van der Waals surface area contributed by atoms with Gasteiger partial charge in [0.15, 0.2) is 5.13 Å². The van der Waals surface area contributed by atoms with Crippen molar-refractivity contribution < 1.29 is 14.3 Å². The number of halogens is 1. The minimum atomic E-state index is -0.997. The third kappa shape index (κ3) is 4.19. The summed E-state index contributed by atoms with van der Waals surface area (Å²) in [5.74, 6) is -0.791. The topological polar surface area (TPSA) is 109 Å². The molecule has 2 heterocycles. The van der Waals surface area contributed by atoms with E-state index in [2.05, 4.69) is 25.8 Å². The van der Waals surface area contributed by atoms with Crippen LogP contribution in [0.25, 0.3) is 21.1 Å². The third-order valence-corrected chi connectivity index (χ3v) is 6.03. The lowest BCUT2D eigenvalue weighted by Crippen LogP contribution is -2.44. The number of thiazole rings is 1. The summed E-state index contributed by atoms with van der Waals surface area (Å²) in [6.45, 7) is 5.44. The number of carbonyl (C=O) groups excluding carboxylic acids is 2. The summed E-state index contributed by atoms with van der Waals surface area (Å²) in [6, 6.07) is 8.66. The summed E-state index contributed by atoms with van der Waals surface area (Å²) in [5.41, 5.74) is 1.51. The second-order valence-corrected chi connectivity index (χ2v) is 8.79. The average Bonchev–Trinajstić information content (AvgIpc) is 3.35.